The van der Waals surface area contributed by atoms with Crippen LogP contribution in [0.3, 0.4) is 0 Å². The highest BCUT2D eigenvalue weighted by Crippen LogP contribution is 2.33. The van der Waals surface area contributed by atoms with Crippen molar-refractivity contribution >= 4 is 70.5 Å². The number of aliphatic carboxylic acids is 1. The van der Waals surface area contributed by atoms with E-state index in [1.807, 2.05) is 0 Å². The number of ether oxygens (including phenoxy) is 3. The monoisotopic (exact) mass is 694 g/mol. The number of anilines is 4. The molecule has 0 saturated carbocycles. The van der Waals surface area contributed by atoms with Crippen molar-refractivity contribution in [1.82, 2.24) is 0 Å². The minimum Gasteiger partial charge on any atom is -0.478 e. The molecule has 0 aliphatic carbocycles. The lowest BCUT2D eigenvalue weighted by atomic mass is 10.0. The number of carboxylic acids is 1. The first kappa shape index (κ1) is 35.4. The Labute approximate surface area is 286 Å². The molecule has 0 saturated heterocycles. The average Bonchev–Trinajstić information content (AvgIpc) is 3.01. The third-order valence-electron chi connectivity index (χ3n) is 6.58. The number of carbonyl (C=O) groups excluding carboxylic acids is 3. The van der Waals surface area contributed by atoms with Gasteiger partial charge in [0.25, 0.3) is 6.47 Å². The van der Waals surface area contributed by atoms with Gasteiger partial charge in [0.05, 0.1) is 21.4 Å². The molecule has 4 amide bonds. The van der Waals surface area contributed by atoms with E-state index in [0.717, 1.165) is 0 Å². The second-order valence-corrected chi connectivity index (χ2v) is 12.0. The lowest BCUT2D eigenvalue weighted by Gasteiger charge is -2.24. The highest BCUT2D eigenvalue weighted by molar-refractivity contribution is 6.35. The topological polar surface area (TPSA) is 164 Å². The molecule has 0 radical (unpaired) electrons. The predicted molar refractivity (Wildman–Crippen MR) is 184 cm³/mol. The number of rotatable bonds is 12. The summed E-state index contributed by atoms with van der Waals surface area (Å²) in [6.45, 7) is 6.36. The zero-order chi connectivity index (χ0) is 35.1. The molecule has 0 unspecified atom stereocenters. The Balaban J connectivity index is 1.32. The Morgan fingerprint density at radius 1 is 0.646 bits per heavy atom. The van der Waals surface area contributed by atoms with Crippen LogP contribution in [-0.4, -0.2) is 41.0 Å². The zero-order valence-electron chi connectivity index (χ0n) is 26.2. The van der Waals surface area contributed by atoms with Crippen molar-refractivity contribution in [3.05, 3.63) is 95.0 Å². The van der Waals surface area contributed by atoms with E-state index in [4.69, 9.17) is 37.4 Å². The molecule has 0 atom stereocenters. The van der Waals surface area contributed by atoms with Gasteiger partial charge in [-0.3, -0.25) is 4.79 Å². The van der Waals surface area contributed by atoms with E-state index in [1.54, 1.807) is 98.8 Å². The number of amides is 4. The third-order valence-corrected chi connectivity index (χ3v) is 7.20. The second-order valence-electron chi connectivity index (χ2n) is 11.2. The largest absolute Gasteiger partial charge is 0.478 e. The van der Waals surface area contributed by atoms with Gasteiger partial charge in [-0.15, -0.1) is 0 Å². The lowest BCUT2D eigenvalue weighted by Crippen LogP contribution is -2.37. The minimum atomic E-state index is -1.41. The lowest BCUT2D eigenvalue weighted by molar-refractivity contribution is -0.170. The number of hydrogen-bond acceptors (Lipinski definition) is 7. The molecule has 14 heteroatoms. The molecule has 48 heavy (non-hydrogen) atoms. The molecule has 0 aromatic heterocycles. The van der Waals surface area contributed by atoms with E-state index in [9.17, 15) is 24.3 Å². The van der Waals surface area contributed by atoms with Gasteiger partial charge in [-0.05, 0) is 97.8 Å². The van der Waals surface area contributed by atoms with Gasteiger partial charge >= 0.3 is 18.0 Å². The van der Waals surface area contributed by atoms with Gasteiger partial charge in [-0.2, -0.15) is 0 Å². The molecule has 0 spiro atoms. The Morgan fingerprint density at radius 2 is 1.06 bits per heavy atom. The number of urea groups is 2. The molecule has 12 nitrogen and oxygen atoms in total. The molecule has 0 heterocycles. The quantitative estimate of drug-likeness (QED) is 0.0728. The first-order valence-corrected chi connectivity index (χ1v) is 15.1. The maximum absolute atomic E-state index is 12.6. The highest BCUT2D eigenvalue weighted by Gasteiger charge is 2.29. The maximum Gasteiger partial charge on any atom is 0.347 e. The Kier molecular flexibility index (Phi) is 11.0. The number of halogens is 2. The van der Waals surface area contributed by atoms with Crippen LogP contribution < -0.4 is 30.7 Å². The van der Waals surface area contributed by atoms with Crippen LogP contribution in [0, 0.1) is 0 Å². The molecule has 0 aliphatic heterocycles. The summed E-state index contributed by atoms with van der Waals surface area (Å²) >= 11 is 13.0. The van der Waals surface area contributed by atoms with E-state index in [1.165, 1.54) is 13.8 Å². The summed E-state index contributed by atoms with van der Waals surface area (Å²) in [5.41, 5.74) is 1.70. The van der Waals surface area contributed by atoms with Gasteiger partial charge in [-0.1, -0.05) is 35.3 Å². The van der Waals surface area contributed by atoms with Crippen LogP contribution in [0.5, 0.6) is 11.5 Å². The van der Waals surface area contributed by atoms with Crippen LogP contribution in [0.15, 0.2) is 84.9 Å². The molecule has 250 valence electrons. The molecule has 4 aromatic rings. The summed E-state index contributed by atoms with van der Waals surface area (Å²) in [5.74, 6) is -1.47. The Hall–Kier alpha value is -5.46. The van der Waals surface area contributed by atoms with Crippen molar-refractivity contribution in [2.75, 3.05) is 21.3 Å². The fourth-order valence-electron chi connectivity index (χ4n) is 4.14. The number of carboxylic acid groups (broad SMARTS) is 1. The van der Waals surface area contributed by atoms with Gasteiger partial charge in [0.1, 0.15) is 11.5 Å². The van der Waals surface area contributed by atoms with Crippen molar-refractivity contribution in [2.45, 2.75) is 39.1 Å². The van der Waals surface area contributed by atoms with E-state index < -0.39 is 29.4 Å². The summed E-state index contributed by atoms with van der Waals surface area (Å²) in [4.78, 5) is 47.1. The first-order valence-electron chi connectivity index (χ1n) is 14.3. The third kappa shape index (κ3) is 9.77. The molecule has 0 aliphatic rings. The number of carbonyl (C=O) groups is 4. The predicted octanol–water partition coefficient (Wildman–Crippen LogP) is 8.48. The van der Waals surface area contributed by atoms with Gasteiger partial charge < -0.3 is 40.6 Å². The van der Waals surface area contributed by atoms with E-state index in [0.29, 0.717) is 51.8 Å². The molecule has 0 fully saturated rings. The van der Waals surface area contributed by atoms with Crippen molar-refractivity contribution in [1.29, 1.82) is 0 Å². The standard InChI is InChI=1S/C34H32Cl2N4O8/c1-33(2,30(42)43)47-24-11-7-22(8-12-24)37-31(44)39-28-15-5-20(17-26(28)35)21-6-16-29(27(36)18-21)40-32(45)38-23-9-13-25(14-10-23)48-34(3,4)46-19-41/h5-19H,1-4H3,(H,42,43)(H2,37,39,44)(H2,38,40,45). The van der Waals surface area contributed by atoms with Crippen LogP contribution in [0.4, 0.5) is 32.3 Å². The minimum absolute atomic E-state index is 0.274. The fourth-order valence-corrected chi connectivity index (χ4v) is 4.59. The SMILES string of the molecule is CC(C)(OC=O)Oc1ccc(NC(=O)Nc2ccc(-c3ccc(NC(=O)Nc4ccc(OC(C)(C)C(=O)O)cc4)c(Cl)c3)cc2Cl)cc1. The Morgan fingerprint density at radius 3 is 1.44 bits per heavy atom. The number of benzene rings is 4. The molecule has 0 bridgehead atoms. The van der Waals surface area contributed by atoms with Crippen LogP contribution in [0.1, 0.15) is 27.7 Å². The smallest absolute Gasteiger partial charge is 0.347 e. The summed E-state index contributed by atoms with van der Waals surface area (Å²) < 4.78 is 15.9. The van der Waals surface area contributed by atoms with Crippen LogP contribution in [0.2, 0.25) is 10.0 Å². The van der Waals surface area contributed by atoms with Gasteiger partial charge in [0, 0.05) is 25.2 Å². The summed E-state index contributed by atoms with van der Waals surface area (Å²) in [7, 11) is 0. The summed E-state index contributed by atoms with van der Waals surface area (Å²) in [6, 6.07) is 21.8. The van der Waals surface area contributed by atoms with E-state index in [2.05, 4.69) is 21.3 Å². The maximum atomic E-state index is 12.6. The number of nitrogens with one attached hydrogen (secondary N) is 4. The fraction of sp³-hybridized carbons (Fsp3) is 0.176. The first-order chi connectivity index (χ1) is 22.6. The van der Waals surface area contributed by atoms with Crippen LogP contribution in [0.25, 0.3) is 11.1 Å². The molecular formula is C34H32Cl2N4O8. The summed E-state index contributed by atoms with van der Waals surface area (Å²) in [5, 5.41) is 20.5. The molecular weight excluding hydrogens is 663 g/mol. The van der Waals surface area contributed by atoms with E-state index >= 15 is 0 Å². The van der Waals surface area contributed by atoms with Crippen molar-refractivity contribution in [2.24, 2.45) is 0 Å². The molecule has 5 N–H and O–H groups in total. The van der Waals surface area contributed by atoms with Gasteiger partial charge in [0.15, 0.2) is 5.60 Å². The highest BCUT2D eigenvalue weighted by atomic mass is 35.5. The Bertz CT molecular complexity index is 1810. The van der Waals surface area contributed by atoms with Gasteiger partial charge in [-0.25, -0.2) is 14.4 Å². The van der Waals surface area contributed by atoms with Crippen molar-refractivity contribution in [3.63, 3.8) is 0 Å². The summed E-state index contributed by atoms with van der Waals surface area (Å²) in [6.07, 6.45) is 0. The van der Waals surface area contributed by atoms with Crippen LogP contribution >= 0.6 is 23.2 Å². The normalized spacial score (nSPS) is 11.1. The number of hydrogen-bond donors (Lipinski definition) is 5. The molecule has 4 aromatic carbocycles. The van der Waals surface area contributed by atoms with Crippen LogP contribution in [-0.2, 0) is 14.3 Å². The second kappa shape index (κ2) is 15.0. The average molecular weight is 696 g/mol. The van der Waals surface area contributed by atoms with Gasteiger partial charge in [0.2, 0.25) is 5.79 Å². The zero-order valence-corrected chi connectivity index (χ0v) is 27.7. The van der Waals surface area contributed by atoms with E-state index in [-0.39, 0.29) is 10.0 Å². The van der Waals surface area contributed by atoms with Crippen molar-refractivity contribution < 1.29 is 38.5 Å². The van der Waals surface area contributed by atoms with Crippen molar-refractivity contribution in [3.8, 4) is 22.6 Å². The molecule has 4 rings (SSSR count).